The molecule has 18 heteroatoms. The molecule has 2 aliphatic rings. The van der Waals surface area contributed by atoms with E-state index in [-0.39, 0.29) is 32.9 Å². The van der Waals surface area contributed by atoms with Gasteiger partial charge in [-0.25, -0.2) is 25.6 Å². The van der Waals surface area contributed by atoms with E-state index >= 15 is 0 Å². The van der Waals surface area contributed by atoms with Crippen molar-refractivity contribution < 1.29 is 52.0 Å². The third-order valence-electron chi connectivity index (χ3n) is 11.4. The monoisotopic (exact) mass is 1030 g/mol. The quantitative estimate of drug-likeness (QED) is 0.155. The number of halogens is 9. The Morgan fingerprint density at radius 1 is 0.537 bits per heavy atom. The molecule has 8 rings (SSSR count). The first-order valence-electron chi connectivity index (χ1n) is 20.4. The molecule has 67 heavy (non-hydrogen) atoms. The van der Waals surface area contributed by atoms with Crippen molar-refractivity contribution in [2.75, 3.05) is 21.7 Å². The Balaban J connectivity index is 0.000000199. The highest BCUT2D eigenvalue weighted by Gasteiger charge is 2.39. The lowest BCUT2D eigenvalue weighted by molar-refractivity contribution is -0.138. The SMILES string of the molecule is CC1(C)Cc2cc(-c3ccc(C(F)(F)F)cc3)ccc2N(S(=O)(=O)c2ccc(Br)c(F)c2)C1.CC1(C)Cc2cc(-c3ccc(C(F)(F)F)cc3)ccc2N(S(=O)(=O)c2ccc(C#N)c(F)c2)C1. The molecule has 0 spiro atoms. The molecule has 0 unspecified atom stereocenters. The van der Waals surface area contributed by atoms with E-state index in [0.717, 1.165) is 48.0 Å². The van der Waals surface area contributed by atoms with Crippen molar-refractivity contribution in [1.29, 1.82) is 5.26 Å². The second-order valence-corrected chi connectivity index (χ2v) is 22.5. The fourth-order valence-corrected chi connectivity index (χ4v) is 11.8. The molecule has 0 aromatic heterocycles. The van der Waals surface area contributed by atoms with Gasteiger partial charge in [0.15, 0.2) is 0 Å². The summed E-state index contributed by atoms with van der Waals surface area (Å²) in [5.41, 5.74) is 2.30. The molecule has 0 saturated carbocycles. The van der Waals surface area contributed by atoms with Crippen LogP contribution in [0.4, 0.5) is 46.5 Å². The highest BCUT2D eigenvalue weighted by atomic mass is 79.9. The molecular formula is C49H40BrF8N3O4S2. The number of sulfonamides is 2. The first-order chi connectivity index (χ1) is 31.1. The molecule has 0 radical (unpaired) electrons. The summed E-state index contributed by atoms with van der Waals surface area (Å²) in [5.74, 6) is -1.59. The van der Waals surface area contributed by atoms with E-state index in [4.69, 9.17) is 5.26 Å². The number of nitriles is 1. The van der Waals surface area contributed by atoms with Crippen LogP contribution >= 0.6 is 15.9 Å². The molecular weight excluding hydrogens is 991 g/mol. The molecule has 0 atom stereocenters. The van der Waals surface area contributed by atoms with Crippen LogP contribution in [0.1, 0.15) is 55.5 Å². The lowest BCUT2D eigenvalue weighted by Gasteiger charge is -2.40. The maximum absolute atomic E-state index is 14.2. The van der Waals surface area contributed by atoms with E-state index < -0.39 is 66.0 Å². The first-order valence-corrected chi connectivity index (χ1v) is 24.1. The number of alkyl halides is 6. The number of hydrogen-bond acceptors (Lipinski definition) is 5. The summed E-state index contributed by atoms with van der Waals surface area (Å²) >= 11 is 3.04. The van der Waals surface area contributed by atoms with Gasteiger partial charge in [0.1, 0.15) is 17.7 Å². The van der Waals surface area contributed by atoms with Crippen molar-refractivity contribution in [3.05, 3.63) is 165 Å². The van der Waals surface area contributed by atoms with Crippen LogP contribution < -0.4 is 8.61 Å². The zero-order valence-electron chi connectivity index (χ0n) is 36.1. The van der Waals surface area contributed by atoms with E-state index in [1.54, 1.807) is 36.4 Å². The minimum Gasteiger partial charge on any atom is -0.266 e. The van der Waals surface area contributed by atoms with E-state index in [0.29, 0.717) is 52.0 Å². The zero-order chi connectivity index (χ0) is 49.1. The minimum absolute atomic E-state index is 0.154. The molecule has 7 nitrogen and oxygen atoms in total. The maximum Gasteiger partial charge on any atom is 0.416 e. The predicted molar refractivity (Wildman–Crippen MR) is 243 cm³/mol. The average Bonchev–Trinajstić information content (AvgIpc) is 3.25. The molecule has 2 heterocycles. The summed E-state index contributed by atoms with van der Waals surface area (Å²) in [4.78, 5) is -0.418. The van der Waals surface area contributed by atoms with Crippen LogP contribution in [0.15, 0.2) is 136 Å². The van der Waals surface area contributed by atoms with Gasteiger partial charge < -0.3 is 0 Å². The number of anilines is 2. The minimum atomic E-state index is -4.43. The normalized spacial score (nSPS) is 15.7. The molecule has 2 aliphatic heterocycles. The second kappa shape index (κ2) is 17.7. The zero-order valence-corrected chi connectivity index (χ0v) is 39.3. The number of rotatable bonds is 6. The Kier molecular flexibility index (Phi) is 13.0. The van der Waals surface area contributed by atoms with Gasteiger partial charge in [-0.2, -0.15) is 31.6 Å². The Labute approximate surface area is 391 Å². The smallest absolute Gasteiger partial charge is 0.266 e. The van der Waals surface area contributed by atoms with E-state index in [9.17, 15) is 52.0 Å². The molecule has 6 aromatic carbocycles. The Hall–Kier alpha value is -5.77. The summed E-state index contributed by atoms with van der Waals surface area (Å²) in [7, 11) is -8.17. The average molecular weight is 1030 g/mol. The highest BCUT2D eigenvalue weighted by molar-refractivity contribution is 9.10. The summed E-state index contributed by atoms with van der Waals surface area (Å²) in [6.45, 7) is 8.05. The Morgan fingerprint density at radius 2 is 0.910 bits per heavy atom. The molecule has 0 amide bonds. The number of benzene rings is 6. The highest BCUT2D eigenvalue weighted by Crippen LogP contribution is 2.44. The van der Waals surface area contributed by atoms with Gasteiger partial charge in [-0.15, -0.1) is 0 Å². The van der Waals surface area contributed by atoms with Gasteiger partial charge in [-0.3, -0.25) is 8.61 Å². The van der Waals surface area contributed by atoms with Crippen molar-refractivity contribution in [1.82, 2.24) is 0 Å². The fraction of sp³-hybridized carbons (Fsp3) is 0.245. The van der Waals surface area contributed by atoms with Gasteiger partial charge in [0.05, 0.1) is 42.3 Å². The topological polar surface area (TPSA) is 98.6 Å². The third kappa shape index (κ3) is 10.4. The summed E-state index contributed by atoms with van der Waals surface area (Å²) in [6, 6.07) is 28.4. The van der Waals surface area contributed by atoms with Crippen LogP contribution in [-0.2, 0) is 45.2 Å². The van der Waals surface area contributed by atoms with Gasteiger partial charge in [0.25, 0.3) is 20.0 Å². The molecule has 350 valence electrons. The van der Waals surface area contributed by atoms with Crippen LogP contribution in [0, 0.1) is 33.8 Å². The van der Waals surface area contributed by atoms with Gasteiger partial charge in [0.2, 0.25) is 0 Å². The Bertz CT molecular complexity index is 3150. The van der Waals surface area contributed by atoms with E-state index in [1.807, 2.05) is 33.8 Å². The first kappa shape index (κ1) is 49.1. The maximum atomic E-state index is 14.2. The van der Waals surface area contributed by atoms with Crippen LogP contribution in [-0.4, -0.2) is 29.9 Å². The van der Waals surface area contributed by atoms with Crippen molar-refractivity contribution in [3.8, 4) is 28.3 Å². The van der Waals surface area contributed by atoms with Gasteiger partial charge in [0, 0.05) is 13.1 Å². The molecule has 0 N–H and O–H groups in total. The molecule has 0 saturated heterocycles. The van der Waals surface area contributed by atoms with E-state index in [1.165, 1.54) is 51.1 Å². The summed E-state index contributed by atoms with van der Waals surface area (Å²) in [6.07, 6.45) is -7.72. The Morgan fingerprint density at radius 3 is 1.27 bits per heavy atom. The van der Waals surface area contributed by atoms with Crippen molar-refractivity contribution >= 4 is 47.4 Å². The summed E-state index contributed by atoms with van der Waals surface area (Å²) < 4.78 is 162. The largest absolute Gasteiger partial charge is 0.416 e. The lowest BCUT2D eigenvalue weighted by Crippen LogP contribution is -2.44. The molecule has 0 fully saturated rings. The van der Waals surface area contributed by atoms with Gasteiger partial charge in [-0.05, 0) is 158 Å². The van der Waals surface area contributed by atoms with Crippen molar-refractivity contribution in [3.63, 3.8) is 0 Å². The molecule has 0 aliphatic carbocycles. The molecule has 0 bridgehead atoms. The number of fused-ring (bicyclic) bond motifs is 2. The number of nitrogens with zero attached hydrogens (tertiary/aromatic N) is 3. The van der Waals surface area contributed by atoms with Crippen LogP contribution in [0.25, 0.3) is 22.3 Å². The van der Waals surface area contributed by atoms with Crippen LogP contribution in [0.3, 0.4) is 0 Å². The fourth-order valence-electron chi connectivity index (χ4n) is 8.16. The molecule has 6 aromatic rings. The lowest BCUT2D eigenvalue weighted by atomic mass is 9.81. The van der Waals surface area contributed by atoms with Crippen LogP contribution in [0.2, 0.25) is 0 Å². The van der Waals surface area contributed by atoms with Crippen molar-refractivity contribution in [2.45, 2.75) is 62.7 Å². The standard InChI is InChI=1S/C25H20F4N2O2S.C24H20BrF4NO2S/c1-24(2)13-19-11-17(16-3-7-20(8-4-16)25(27,28)29)6-10-23(19)31(15-24)34(32,33)21-9-5-18(14-30)22(26)12-21;1-23(2)13-17-11-16(15-3-6-18(7-4-15)24(27,28)29)5-10-22(17)30(14-23)33(31,32)19-8-9-20(25)21(26)12-19/h3-12H,13,15H2,1-2H3;3-12H,13-14H2,1-2H3. The summed E-state index contributed by atoms with van der Waals surface area (Å²) in [5, 5.41) is 8.93. The van der Waals surface area contributed by atoms with Crippen molar-refractivity contribution in [2.24, 2.45) is 10.8 Å². The third-order valence-corrected chi connectivity index (χ3v) is 15.6. The van der Waals surface area contributed by atoms with Gasteiger partial charge >= 0.3 is 12.4 Å². The van der Waals surface area contributed by atoms with Gasteiger partial charge in [-0.1, -0.05) is 64.1 Å². The van der Waals surface area contributed by atoms with Crippen LogP contribution in [0.5, 0.6) is 0 Å². The second-order valence-electron chi connectivity index (χ2n) is 17.9. The van der Waals surface area contributed by atoms with E-state index in [2.05, 4.69) is 15.9 Å². The number of hydrogen-bond donors (Lipinski definition) is 0. The predicted octanol–water partition coefficient (Wildman–Crippen LogP) is 13.2.